The molecule has 0 radical (unpaired) electrons. The maximum atomic E-state index is 12.4. The second-order valence-electron chi connectivity index (χ2n) is 6.75. The number of nitrogens with zero attached hydrogens (tertiary/aromatic N) is 1. The normalized spacial score (nSPS) is 23.7. The van der Waals surface area contributed by atoms with Crippen LogP contribution in [0.1, 0.15) is 36.8 Å². The first-order valence-electron chi connectivity index (χ1n) is 8.58. The molecule has 2 fully saturated rings. The number of imide groups is 1. The van der Waals surface area contributed by atoms with Crippen LogP contribution in [0.2, 0.25) is 0 Å². The molecule has 1 aliphatic carbocycles. The van der Waals surface area contributed by atoms with Crippen LogP contribution in [0.3, 0.4) is 0 Å². The van der Waals surface area contributed by atoms with Crippen molar-refractivity contribution in [3.8, 4) is 0 Å². The van der Waals surface area contributed by atoms with Crippen LogP contribution in [0.15, 0.2) is 18.2 Å². The molecule has 25 heavy (non-hydrogen) atoms. The van der Waals surface area contributed by atoms with Crippen LogP contribution in [-0.4, -0.2) is 39.9 Å². The third kappa shape index (κ3) is 4.15. The van der Waals surface area contributed by atoms with Crippen LogP contribution in [0, 0.1) is 13.8 Å². The molecule has 1 saturated carbocycles. The van der Waals surface area contributed by atoms with Crippen LogP contribution in [0.4, 0.5) is 15.3 Å². The van der Waals surface area contributed by atoms with E-state index in [4.69, 9.17) is 0 Å². The molecule has 6 nitrogen and oxygen atoms in total. The minimum absolute atomic E-state index is 0.150. The van der Waals surface area contributed by atoms with Gasteiger partial charge >= 0.3 is 6.03 Å². The zero-order valence-corrected chi connectivity index (χ0v) is 15.3. The Morgan fingerprint density at radius 3 is 2.44 bits per heavy atom. The third-order valence-corrected chi connectivity index (χ3v) is 5.48. The fraction of sp³-hybridized carbons (Fsp3) is 0.500. The van der Waals surface area contributed by atoms with Crippen molar-refractivity contribution < 1.29 is 14.4 Å². The van der Waals surface area contributed by atoms with Gasteiger partial charge in [-0.25, -0.2) is 4.79 Å². The molecule has 134 valence electrons. The maximum Gasteiger partial charge on any atom is 0.319 e. The Hall–Kier alpha value is -2.02. The van der Waals surface area contributed by atoms with Gasteiger partial charge in [-0.15, -0.1) is 0 Å². The lowest BCUT2D eigenvalue weighted by Gasteiger charge is -2.36. The summed E-state index contributed by atoms with van der Waals surface area (Å²) in [6, 6.07) is 5.13. The molecule has 2 N–H and O–H groups in total. The van der Waals surface area contributed by atoms with Gasteiger partial charge in [-0.05, 0) is 49.9 Å². The summed E-state index contributed by atoms with van der Waals surface area (Å²) in [6.07, 6.45) is 3.46. The molecule has 7 heteroatoms. The van der Waals surface area contributed by atoms with Crippen molar-refractivity contribution in [1.82, 2.24) is 10.2 Å². The van der Waals surface area contributed by atoms with Gasteiger partial charge in [-0.2, -0.15) is 0 Å². The number of amides is 4. The number of nitrogens with one attached hydrogen (secondary N) is 2. The summed E-state index contributed by atoms with van der Waals surface area (Å²) < 4.78 is 0. The molecule has 1 aromatic rings. The zero-order chi connectivity index (χ0) is 18.0. The largest absolute Gasteiger partial charge is 0.333 e. The van der Waals surface area contributed by atoms with Crippen molar-refractivity contribution in [2.24, 2.45) is 0 Å². The summed E-state index contributed by atoms with van der Waals surface area (Å²) in [7, 11) is 0. The predicted molar refractivity (Wildman–Crippen MR) is 98.8 cm³/mol. The van der Waals surface area contributed by atoms with Crippen molar-refractivity contribution in [3.05, 3.63) is 29.3 Å². The molecule has 1 saturated heterocycles. The lowest BCUT2D eigenvalue weighted by molar-refractivity contribution is -0.127. The van der Waals surface area contributed by atoms with E-state index in [1.165, 1.54) is 4.90 Å². The Bertz CT molecular complexity index is 671. The van der Waals surface area contributed by atoms with Crippen molar-refractivity contribution in [1.29, 1.82) is 0 Å². The number of hydrogen-bond acceptors (Lipinski definition) is 4. The van der Waals surface area contributed by atoms with Gasteiger partial charge in [0.15, 0.2) is 0 Å². The van der Waals surface area contributed by atoms with E-state index < -0.39 is 0 Å². The van der Waals surface area contributed by atoms with Crippen molar-refractivity contribution in [2.75, 3.05) is 11.1 Å². The fourth-order valence-corrected chi connectivity index (χ4v) is 4.42. The molecule has 0 bridgehead atoms. The van der Waals surface area contributed by atoms with Crippen molar-refractivity contribution in [3.63, 3.8) is 0 Å². The van der Waals surface area contributed by atoms with Gasteiger partial charge in [0.1, 0.15) is 0 Å². The highest BCUT2D eigenvalue weighted by Gasteiger charge is 2.41. The van der Waals surface area contributed by atoms with E-state index in [-0.39, 0.29) is 35.0 Å². The van der Waals surface area contributed by atoms with Crippen molar-refractivity contribution >= 4 is 34.6 Å². The minimum Gasteiger partial charge on any atom is -0.333 e. The smallest absolute Gasteiger partial charge is 0.319 e. The Morgan fingerprint density at radius 2 is 1.80 bits per heavy atom. The minimum atomic E-state index is -0.298. The molecule has 2 unspecified atom stereocenters. The van der Waals surface area contributed by atoms with E-state index in [0.29, 0.717) is 0 Å². The quantitative estimate of drug-likeness (QED) is 0.864. The average molecular weight is 361 g/mol. The highest BCUT2D eigenvalue weighted by molar-refractivity contribution is 8.14. The van der Waals surface area contributed by atoms with Crippen LogP contribution in [0.25, 0.3) is 0 Å². The second-order valence-corrected chi connectivity index (χ2v) is 7.68. The third-order valence-electron chi connectivity index (χ3n) is 4.64. The highest BCUT2D eigenvalue weighted by atomic mass is 32.2. The molecule has 3 rings (SSSR count). The number of benzene rings is 1. The Morgan fingerprint density at radius 1 is 1.12 bits per heavy atom. The SMILES string of the molecule is Cc1cc(C)cc(NC(=O)NC2CCCCC2N2C(=O)CSC2=O)c1. The second kappa shape index (κ2) is 7.47. The molecular formula is C18H23N3O3S. The van der Waals surface area contributed by atoms with Gasteiger partial charge in [0.2, 0.25) is 5.91 Å². The van der Waals surface area contributed by atoms with Crippen LogP contribution >= 0.6 is 11.8 Å². The van der Waals surface area contributed by atoms with E-state index in [1.54, 1.807) is 0 Å². The molecule has 1 heterocycles. The molecule has 2 atom stereocenters. The molecule has 0 aromatic heterocycles. The number of carbonyl (C=O) groups is 3. The van der Waals surface area contributed by atoms with Gasteiger partial charge in [0.05, 0.1) is 17.8 Å². The molecular weight excluding hydrogens is 338 g/mol. The Kier molecular flexibility index (Phi) is 5.32. The monoisotopic (exact) mass is 361 g/mol. The summed E-state index contributed by atoms with van der Waals surface area (Å²) in [5, 5.41) is 5.63. The van der Waals surface area contributed by atoms with Crippen LogP contribution in [-0.2, 0) is 4.79 Å². The lowest BCUT2D eigenvalue weighted by atomic mass is 9.89. The molecule has 0 spiro atoms. The summed E-state index contributed by atoms with van der Waals surface area (Å²) in [4.78, 5) is 37.8. The van der Waals surface area contributed by atoms with Gasteiger partial charge in [-0.3, -0.25) is 14.5 Å². The fourth-order valence-electron chi connectivity index (χ4n) is 3.66. The number of thioether (sulfide) groups is 1. The summed E-state index contributed by atoms with van der Waals surface area (Å²) in [6.45, 7) is 3.96. The summed E-state index contributed by atoms with van der Waals surface area (Å²) in [5.41, 5.74) is 2.90. The number of carbonyl (C=O) groups excluding carboxylic acids is 3. The topological polar surface area (TPSA) is 78.5 Å². The van der Waals surface area contributed by atoms with Crippen molar-refractivity contribution in [2.45, 2.75) is 51.6 Å². The summed E-state index contributed by atoms with van der Waals surface area (Å²) in [5.74, 6) is 0.0556. The van der Waals surface area contributed by atoms with E-state index in [9.17, 15) is 14.4 Å². The Balaban J connectivity index is 1.67. The van der Waals surface area contributed by atoms with Gasteiger partial charge in [-0.1, -0.05) is 30.7 Å². The number of anilines is 1. The zero-order valence-electron chi connectivity index (χ0n) is 14.5. The lowest BCUT2D eigenvalue weighted by Crippen LogP contribution is -2.55. The first kappa shape index (κ1) is 17.8. The average Bonchev–Trinajstić information content (AvgIpc) is 2.86. The van der Waals surface area contributed by atoms with Crippen LogP contribution in [0.5, 0.6) is 0 Å². The van der Waals surface area contributed by atoms with E-state index in [2.05, 4.69) is 10.6 Å². The van der Waals surface area contributed by atoms with E-state index in [1.807, 2.05) is 32.0 Å². The Labute approximate surface area is 151 Å². The van der Waals surface area contributed by atoms with Gasteiger partial charge in [0, 0.05) is 5.69 Å². The highest BCUT2D eigenvalue weighted by Crippen LogP contribution is 2.30. The van der Waals surface area contributed by atoms with Gasteiger partial charge in [0.25, 0.3) is 5.24 Å². The molecule has 1 aliphatic heterocycles. The van der Waals surface area contributed by atoms with Gasteiger partial charge < -0.3 is 10.6 Å². The number of aryl methyl sites for hydroxylation is 2. The predicted octanol–water partition coefficient (Wildman–Crippen LogP) is 3.43. The van der Waals surface area contributed by atoms with E-state index >= 15 is 0 Å². The summed E-state index contributed by atoms with van der Waals surface area (Å²) >= 11 is 1.04. The number of hydrogen-bond donors (Lipinski definition) is 2. The first-order valence-corrected chi connectivity index (χ1v) is 9.57. The first-order chi connectivity index (χ1) is 11.9. The molecule has 4 amide bonds. The molecule has 1 aromatic carbocycles. The van der Waals surface area contributed by atoms with Crippen LogP contribution < -0.4 is 10.6 Å². The number of rotatable bonds is 3. The number of urea groups is 1. The maximum absolute atomic E-state index is 12.4. The molecule has 2 aliphatic rings. The standard InChI is InChI=1S/C18H23N3O3S/c1-11-7-12(2)9-13(8-11)19-17(23)20-14-5-3-4-6-15(14)21-16(22)10-25-18(21)24/h7-9,14-15H,3-6,10H2,1-2H3,(H2,19,20,23). The van der Waals surface area contributed by atoms with E-state index in [0.717, 1.165) is 54.3 Å².